The second-order valence-corrected chi connectivity index (χ2v) is 5.11. The highest BCUT2D eigenvalue weighted by atomic mass is 32.1. The molecule has 78 valence electrons. The SMILES string of the molecule is N#Cc1ccc(-c2ccc(C3CC3)cn2)s1. The van der Waals surface area contributed by atoms with E-state index in [-0.39, 0.29) is 0 Å². The minimum Gasteiger partial charge on any atom is -0.255 e. The van der Waals surface area contributed by atoms with Crippen LogP contribution >= 0.6 is 11.3 Å². The molecule has 0 N–H and O–H groups in total. The maximum atomic E-state index is 8.76. The molecule has 2 nitrogen and oxygen atoms in total. The fraction of sp³-hybridized carbons (Fsp3) is 0.231. The van der Waals surface area contributed by atoms with Gasteiger partial charge in [-0.05, 0) is 42.5 Å². The highest BCUT2D eigenvalue weighted by Gasteiger charge is 2.23. The number of nitriles is 1. The molecule has 0 amide bonds. The molecular formula is C13H10N2S. The summed E-state index contributed by atoms with van der Waals surface area (Å²) in [6.07, 6.45) is 4.58. The summed E-state index contributed by atoms with van der Waals surface area (Å²) in [4.78, 5) is 6.27. The van der Waals surface area contributed by atoms with Gasteiger partial charge in [-0.25, -0.2) is 0 Å². The minimum atomic E-state index is 0.739. The molecule has 0 radical (unpaired) electrons. The molecular weight excluding hydrogens is 216 g/mol. The van der Waals surface area contributed by atoms with E-state index < -0.39 is 0 Å². The Morgan fingerprint density at radius 1 is 1.25 bits per heavy atom. The summed E-state index contributed by atoms with van der Waals surface area (Å²) < 4.78 is 0. The molecule has 1 aliphatic rings. The number of rotatable bonds is 2. The molecule has 1 saturated carbocycles. The largest absolute Gasteiger partial charge is 0.255 e. The van der Waals surface area contributed by atoms with Crippen LogP contribution in [0.15, 0.2) is 30.5 Å². The van der Waals surface area contributed by atoms with E-state index in [0.717, 1.165) is 21.4 Å². The van der Waals surface area contributed by atoms with Crippen LogP contribution in [0.4, 0.5) is 0 Å². The lowest BCUT2D eigenvalue weighted by atomic mass is 10.2. The standard InChI is InChI=1S/C13H10N2S/c14-7-11-4-6-13(16-11)12-5-3-10(8-15-12)9-1-2-9/h3-6,8-9H,1-2H2. The Balaban J connectivity index is 1.91. The van der Waals surface area contributed by atoms with Crippen LogP contribution in [0.25, 0.3) is 10.6 Å². The summed E-state index contributed by atoms with van der Waals surface area (Å²) >= 11 is 1.49. The third kappa shape index (κ3) is 1.72. The van der Waals surface area contributed by atoms with Gasteiger partial charge >= 0.3 is 0 Å². The average molecular weight is 226 g/mol. The number of aromatic nitrogens is 1. The fourth-order valence-corrected chi connectivity index (χ4v) is 2.52. The first-order valence-corrected chi connectivity index (χ1v) is 6.15. The molecule has 2 aromatic rings. The molecule has 0 unspecified atom stereocenters. The summed E-state index contributed by atoms with van der Waals surface area (Å²) in [6.45, 7) is 0. The van der Waals surface area contributed by atoms with Crippen LogP contribution in [0.3, 0.4) is 0 Å². The average Bonchev–Trinajstić information content (AvgIpc) is 3.07. The Labute approximate surface area is 98.2 Å². The molecule has 1 fully saturated rings. The normalized spacial score (nSPS) is 14.7. The van der Waals surface area contributed by atoms with Gasteiger partial charge in [-0.1, -0.05) is 6.07 Å². The molecule has 0 aliphatic heterocycles. The zero-order valence-corrected chi connectivity index (χ0v) is 9.50. The summed E-state index contributed by atoms with van der Waals surface area (Å²) in [5.41, 5.74) is 2.32. The van der Waals surface area contributed by atoms with Crippen LogP contribution < -0.4 is 0 Å². The molecule has 0 aromatic carbocycles. The molecule has 0 saturated heterocycles. The summed E-state index contributed by atoms with van der Waals surface area (Å²) in [7, 11) is 0. The highest BCUT2D eigenvalue weighted by Crippen LogP contribution is 2.40. The van der Waals surface area contributed by atoms with E-state index in [1.807, 2.05) is 18.3 Å². The van der Waals surface area contributed by atoms with Crippen molar-refractivity contribution in [2.24, 2.45) is 0 Å². The van der Waals surface area contributed by atoms with Crippen molar-refractivity contribution < 1.29 is 0 Å². The van der Waals surface area contributed by atoms with Gasteiger partial charge in [0.15, 0.2) is 0 Å². The van der Waals surface area contributed by atoms with E-state index in [9.17, 15) is 0 Å². The van der Waals surface area contributed by atoms with Crippen molar-refractivity contribution in [1.29, 1.82) is 5.26 Å². The van der Waals surface area contributed by atoms with Gasteiger partial charge in [0.05, 0.1) is 10.6 Å². The fourth-order valence-electron chi connectivity index (χ4n) is 1.74. The minimum absolute atomic E-state index is 0.739. The Hall–Kier alpha value is -1.66. The van der Waals surface area contributed by atoms with Crippen molar-refractivity contribution in [3.05, 3.63) is 40.9 Å². The van der Waals surface area contributed by atoms with Crippen molar-refractivity contribution in [3.8, 4) is 16.6 Å². The van der Waals surface area contributed by atoms with Crippen molar-refractivity contribution in [1.82, 2.24) is 4.98 Å². The number of nitrogens with zero attached hydrogens (tertiary/aromatic N) is 2. The van der Waals surface area contributed by atoms with Crippen molar-refractivity contribution in [2.45, 2.75) is 18.8 Å². The van der Waals surface area contributed by atoms with Gasteiger partial charge < -0.3 is 0 Å². The summed E-state index contributed by atoms with van der Waals surface area (Å²) in [5, 5.41) is 8.76. The lowest BCUT2D eigenvalue weighted by Gasteiger charge is -1.99. The third-order valence-corrected chi connectivity index (χ3v) is 3.82. The molecule has 0 bridgehead atoms. The zero-order chi connectivity index (χ0) is 11.0. The number of pyridine rings is 1. The number of thiophene rings is 1. The van der Waals surface area contributed by atoms with E-state index in [1.54, 1.807) is 0 Å². The molecule has 2 heterocycles. The highest BCUT2D eigenvalue weighted by molar-refractivity contribution is 7.15. The Morgan fingerprint density at radius 3 is 2.69 bits per heavy atom. The molecule has 2 aromatic heterocycles. The lowest BCUT2D eigenvalue weighted by Crippen LogP contribution is -1.83. The van der Waals surface area contributed by atoms with Gasteiger partial charge in [-0.2, -0.15) is 5.26 Å². The van der Waals surface area contributed by atoms with Gasteiger partial charge in [0.2, 0.25) is 0 Å². The van der Waals surface area contributed by atoms with Crippen LogP contribution in [0, 0.1) is 11.3 Å². The number of hydrogen-bond donors (Lipinski definition) is 0. The van der Waals surface area contributed by atoms with Gasteiger partial charge in [-0.3, -0.25) is 4.98 Å². The van der Waals surface area contributed by atoms with Gasteiger partial charge in [0, 0.05) is 6.20 Å². The van der Waals surface area contributed by atoms with E-state index >= 15 is 0 Å². The maximum absolute atomic E-state index is 8.76. The predicted octanol–water partition coefficient (Wildman–Crippen LogP) is 3.56. The van der Waals surface area contributed by atoms with Crippen molar-refractivity contribution >= 4 is 11.3 Å². The summed E-state index contributed by atoms with van der Waals surface area (Å²) in [5.74, 6) is 0.750. The van der Waals surface area contributed by atoms with E-state index in [4.69, 9.17) is 5.26 Å². The van der Waals surface area contributed by atoms with Crippen LogP contribution in [-0.2, 0) is 0 Å². The van der Waals surface area contributed by atoms with Gasteiger partial charge in [0.1, 0.15) is 10.9 Å². The molecule has 3 heteroatoms. The molecule has 16 heavy (non-hydrogen) atoms. The second kappa shape index (κ2) is 3.73. The van der Waals surface area contributed by atoms with E-state index in [1.165, 1.54) is 29.7 Å². The van der Waals surface area contributed by atoms with Crippen molar-refractivity contribution in [2.75, 3.05) is 0 Å². The van der Waals surface area contributed by atoms with Crippen LogP contribution in [0.1, 0.15) is 29.2 Å². The third-order valence-electron chi connectivity index (χ3n) is 2.80. The molecule has 1 aliphatic carbocycles. The molecule has 3 rings (SSSR count). The number of hydrogen-bond acceptors (Lipinski definition) is 3. The lowest BCUT2D eigenvalue weighted by molar-refractivity contribution is 1.10. The van der Waals surface area contributed by atoms with E-state index in [0.29, 0.717) is 0 Å². The van der Waals surface area contributed by atoms with Gasteiger partial charge in [-0.15, -0.1) is 11.3 Å². The first-order valence-electron chi connectivity index (χ1n) is 5.33. The smallest absolute Gasteiger partial charge is 0.110 e. The topological polar surface area (TPSA) is 36.7 Å². The molecule has 0 atom stereocenters. The van der Waals surface area contributed by atoms with Crippen LogP contribution in [0.5, 0.6) is 0 Å². The van der Waals surface area contributed by atoms with E-state index in [2.05, 4.69) is 23.2 Å². The van der Waals surface area contributed by atoms with Crippen molar-refractivity contribution in [3.63, 3.8) is 0 Å². The zero-order valence-electron chi connectivity index (χ0n) is 8.68. The Morgan fingerprint density at radius 2 is 2.12 bits per heavy atom. The monoisotopic (exact) mass is 226 g/mol. The summed E-state index contributed by atoms with van der Waals surface area (Å²) in [6, 6.07) is 10.2. The maximum Gasteiger partial charge on any atom is 0.110 e. The molecule has 0 spiro atoms. The Kier molecular flexibility index (Phi) is 2.23. The van der Waals surface area contributed by atoms with Crippen LogP contribution in [0.2, 0.25) is 0 Å². The first kappa shape index (κ1) is 9.56. The first-order chi connectivity index (χ1) is 7.86. The second-order valence-electron chi connectivity index (χ2n) is 4.03. The quantitative estimate of drug-likeness (QED) is 0.785. The predicted molar refractivity (Wildman–Crippen MR) is 64.2 cm³/mol. The Bertz CT molecular complexity index is 544. The van der Waals surface area contributed by atoms with Crippen LogP contribution in [-0.4, -0.2) is 4.98 Å². The van der Waals surface area contributed by atoms with Gasteiger partial charge in [0.25, 0.3) is 0 Å².